The van der Waals surface area contributed by atoms with Gasteiger partial charge < -0.3 is 14.4 Å². The number of aromatic nitrogens is 2. The lowest BCUT2D eigenvalue weighted by atomic mass is 10.1. The number of benzene rings is 2. The van der Waals surface area contributed by atoms with Crippen molar-refractivity contribution in [2.75, 3.05) is 14.2 Å². The molecule has 1 aliphatic rings. The quantitative estimate of drug-likeness (QED) is 0.634. The van der Waals surface area contributed by atoms with Crippen LogP contribution in [0.1, 0.15) is 40.2 Å². The van der Waals surface area contributed by atoms with E-state index in [9.17, 15) is 4.79 Å². The normalized spacial score (nSPS) is 13.4. The fourth-order valence-electron chi connectivity index (χ4n) is 3.47. The van der Waals surface area contributed by atoms with Gasteiger partial charge in [0.25, 0.3) is 5.91 Å². The van der Waals surface area contributed by atoms with E-state index in [4.69, 9.17) is 9.47 Å². The van der Waals surface area contributed by atoms with E-state index in [2.05, 4.69) is 9.97 Å². The number of aryl methyl sites for hydroxylation is 2. The molecule has 0 spiro atoms. The first-order valence-electron chi connectivity index (χ1n) is 9.77. The van der Waals surface area contributed by atoms with Crippen molar-refractivity contribution in [1.82, 2.24) is 14.9 Å². The average molecular weight is 391 g/mol. The van der Waals surface area contributed by atoms with Gasteiger partial charge in [0.1, 0.15) is 11.5 Å². The smallest absolute Gasteiger partial charge is 0.254 e. The largest absolute Gasteiger partial charge is 0.497 e. The number of carbonyl (C=O) groups excluding carboxylic acids is 1. The van der Waals surface area contributed by atoms with Gasteiger partial charge in [0.2, 0.25) is 0 Å². The molecule has 29 heavy (non-hydrogen) atoms. The maximum absolute atomic E-state index is 13.4. The third kappa shape index (κ3) is 3.88. The highest BCUT2D eigenvalue weighted by Crippen LogP contribution is 2.33. The van der Waals surface area contributed by atoms with Crippen molar-refractivity contribution in [2.24, 2.45) is 0 Å². The van der Waals surface area contributed by atoms with Crippen molar-refractivity contribution in [3.8, 4) is 11.5 Å². The summed E-state index contributed by atoms with van der Waals surface area (Å²) in [6.07, 6.45) is 2.04. The third-order valence-electron chi connectivity index (χ3n) is 5.40. The molecule has 1 aromatic heterocycles. The van der Waals surface area contributed by atoms with Crippen LogP contribution >= 0.6 is 0 Å². The molecule has 1 aliphatic carbocycles. The summed E-state index contributed by atoms with van der Waals surface area (Å²) in [6, 6.07) is 11.5. The first kappa shape index (κ1) is 19.2. The highest BCUT2D eigenvalue weighted by Gasteiger charge is 2.33. The van der Waals surface area contributed by atoms with Gasteiger partial charge in [0.15, 0.2) is 0 Å². The lowest BCUT2D eigenvalue weighted by Crippen LogP contribution is -2.32. The van der Waals surface area contributed by atoms with Crippen LogP contribution in [0.4, 0.5) is 0 Å². The Morgan fingerprint density at radius 3 is 2.38 bits per heavy atom. The molecule has 0 atom stereocenters. The minimum atomic E-state index is -0.000647. The fraction of sp³-hybridized carbons (Fsp3) is 0.348. The van der Waals surface area contributed by atoms with Gasteiger partial charge in [0.05, 0.1) is 43.2 Å². The van der Waals surface area contributed by atoms with Crippen LogP contribution in [0.15, 0.2) is 36.4 Å². The molecular formula is C23H25N3O3. The number of nitrogens with zero attached hydrogens (tertiary/aromatic N) is 3. The van der Waals surface area contributed by atoms with Gasteiger partial charge in [0, 0.05) is 17.2 Å². The number of amides is 1. The Kier molecular flexibility index (Phi) is 5.09. The van der Waals surface area contributed by atoms with Crippen LogP contribution in [0, 0.1) is 13.8 Å². The van der Waals surface area contributed by atoms with E-state index in [-0.39, 0.29) is 11.9 Å². The van der Waals surface area contributed by atoms with Gasteiger partial charge in [-0.15, -0.1) is 0 Å². The summed E-state index contributed by atoms with van der Waals surface area (Å²) in [5.74, 6) is 1.50. The van der Waals surface area contributed by atoms with E-state index in [1.807, 2.05) is 55.1 Å². The molecule has 3 aromatic rings. The summed E-state index contributed by atoms with van der Waals surface area (Å²) in [7, 11) is 3.27. The number of carbonyl (C=O) groups is 1. The van der Waals surface area contributed by atoms with Crippen LogP contribution < -0.4 is 9.47 Å². The van der Waals surface area contributed by atoms with Gasteiger partial charge in [-0.2, -0.15) is 0 Å². The zero-order chi connectivity index (χ0) is 20.5. The van der Waals surface area contributed by atoms with Crippen LogP contribution in [-0.4, -0.2) is 41.0 Å². The summed E-state index contributed by atoms with van der Waals surface area (Å²) in [4.78, 5) is 24.5. The van der Waals surface area contributed by atoms with Gasteiger partial charge >= 0.3 is 0 Å². The Bertz CT molecular complexity index is 1080. The predicted molar refractivity (Wildman–Crippen MR) is 111 cm³/mol. The molecule has 0 aliphatic heterocycles. The van der Waals surface area contributed by atoms with E-state index < -0.39 is 0 Å². The minimum absolute atomic E-state index is 0.000647. The molecule has 0 radical (unpaired) electrons. The summed E-state index contributed by atoms with van der Waals surface area (Å²) in [5.41, 5.74) is 4.89. The molecule has 1 amide bonds. The average Bonchev–Trinajstić information content (AvgIpc) is 3.57. The Balaban J connectivity index is 1.67. The zero-order valence-corrected chi connectivity index (χ0v) is 17.2. The second-order valence-corrected chi connectivity index (χ2v) is 7.44. The number of fused-ring (bicyclic) bond motifs is 1. The molecule has 150 valence electrons. The Labute approximate surface area is 170 Å². The molecule has 2 aromatic carbocycles. The molecule has 1 fully saturated rings. The van der Waals surface area contributed by atoms with E-state index >= 15 is 0 Å². The predicted octanol–water partition coefficient (Wildman–Crippen LogP) is 4.07. The van der Waals surface area contributed by atoms with E-state index in [0.29, 0.717) is 12.1 Å². The number of rotatable bonds is 6. The second kappa shape index (κ2) is 7.70. The molecule has 0 unspecified atom stereocenters. The first-order chi connectivity index (χ1) is 14.0. The summed E-state index contributed by atoms with van der Waals surface area (Å²) in [6.45, 7) is 4.35. The van der Waals surface area contributed by atoms with Gasteiger partial charge in [-0.25, -0.2) is 9.97 Å². The Hall–Kier alpha value is -3.15. The van der Waals surface area contributed by atoms with Crippen LogP contribution in [0.25, 0.3) is 11.0 Å². The van der Waals surface area contributed by atoms with E-state index in [0.717, 1.165) is 52.3 Å². The third-order valence-corrected chi connectivity index (χ3v) is 5.40. The van der Waals surface area contributed by atoms with E-state index in [1.165, 1.54) is 0 Å². The summed E-state index contributed by atoms with van der Waals surface area (Å²) in [5, 5.41) is 0. The fourth-order valence-corrected chi connectivity index (χ4v) is 3.47. The molecule has 4 rings (SSSR count). The van der Waals surface area contributed by atoms with Crippen LogP contribution in [0.3, 0.4) is 0 Å². The molecule has 0 bridgehead atoms. The van der Waals surface area contributed by atoms with Crippen molar-refractivity contribution in [3.63, 3.8) is 0 Å². The monoisotopic (exact) mass is 391 g/mol. The number of methoxy groups -OCH3 is 2. The Morgan fingerprint density at radius 2 is 1.72 bits per heavy atom. The topological polar surface area (TPSA) is 64.6 Å². The molecular weight excluding hydrogens is 366 g/mol. The maximum atomic E-state index is 13.4. The van der Waals surface area contributed by atoms with Crippen LogP contribution in [0.2, 0.25) is 0 Å². The molecule has 0 saturated heterocycles. The van der Waals surface area contributed by atoms with E-state index in [1.54, 1.807) is 14.2 Å². The molecule has 6 nitrogen and oxygen atoms in total. The number of ether oxygens (including phenoxy) is 2. The van der Waals surface area contributed by atoms with Crippen molar-refractivity contribution in [1.29, 1.82) is 0 Å². The minimum Gasteiger partial charge on any atom is -0.497 e. The van der Waals surface area contributed by atoms with Crippen molar-refractivity contribution in [2.45, 2.75) is 39.3 Å². The molecule has 0 N–H and O–H groups in total. The van der Waals surface area contributed by atoms with Gasteiger partial charge in [-0.3, -0.25) is 4.79 Å². The van der Waals surface area contributed by atoms with Crippen molar-refractivity contribution in [3.05, 3.63) is 58.9 Å². The number of hydrogen-bond donors (Lipinski definition) is 0. The lowest BCUT2D eigenvalue weighted by molar-refractivity contribution is 0.0728. The molecule has 1 saturated carbocycles. The Morgan fingerprint density at radius 1 is 1.00 bits per heavy atom. The summed E-state index contributed by atoms with van der Waals surface area (Å²) >= 11 is 0. The summed E-state index contributed by atoms with van der Waals surface area (Å²) < 4.78 is 10.9. The van der Waals surface area contributed by atoms with Crippen molar-refractivity contribution >= 4 is 16.9 Å². The zero-order valence-electron chi connectivity index (χ0n) is 17.2. The van der Waals surface area contributed by atoms with Crippen molar-refractivity contribution < 1.29 is 14.3 Å². The SMILES string of the molecule is COc1ccc(OC)c(CN(C(=O)c2ccc3nc(C)c(C)nc3c2)C2CC2)c1. The number of hydrogen-bond acceptors (Lipinski definition) is 5. The second-order valence-electron chi connectivity index (χ2n) is 7.44. The highest BCUT2D eigenvalue weighted by molar-refractivity contribution is 5.97. The van der Waals surface area contributed by atoms with Gasteiger partial charge in [-0.05, 0) is 63.1 Å². The van der Waals surface area contributed by atoms with Gasteiger partial charge in [-0.1, -0.05) is 0 Å². The highest BCUT2D eigenvalue weighted by atomic mass is 16.5. The first-order valence-corrected chi connectivity index (χ1v) is 9.77. The molecule has 1 heterocycles. The maximum Gasteiger partial charge on any atom is 0.254 e. The lowest BCUT2D eigenvalue weighted by Gasteiger charge is -2.24. The van der Waals surface area contributed by atoms with Crippen LogP contribution in [-0.2, 0) is 6.54 Å². The van der Waals surface area contributed by atoms with Crippen LogP contribution in [0.5, 0.6) is 11.5 Å². The standard InChI is InChI=1S/C23H25N3O3/c1-14-15(2)25-21-12-16(5-9-20(21)24-14)23(27)26(18-6-7-18)13-17-11-19(28-3)8-10-22(17)29-4/h5,8-12,18H,6-7,13H2,1-4H3. The molecule has 6 heteroatoms.